The Morgan fingerprint density at radius 3 is 2.15 bits per heavy atom. The molecule has 2 N–H and O–H groups in total. The number of carbonyl (C=O) groups is 1. The van der Waals surface area contributed by atoms with Gasteiger partial charge in [-0.05, 0) is 130 Å². The summed E-state index contributed by atoms with van der Waals surface area (Å²) in [5, 5.41) is 15.2. The Balaban J connectivity index is 0.893. The number of thioether (sulfide) groups is 1. The van der Waals surface area contributed by atoms with E-state index in [2.05, 4.69) is 62.7 Å². The third-order valence-corrected chi connectivity index (χ3v) is 19.5. The minimum absolute atomic E-state index is 0.0194. The van der Waals surface area contributed by atoms with Gasteiger partial charge >= 0.3 is 13.5 Å². The van der Waals surface area contributed by atoms with Crippen molar-refractivity contribution in [2.75, 3.05) is 97.9 Å². The van der Waals surface area contributed by atoms with Gasteiger partial charge in [0, 0.05) is 115 Å². The fourth-order valence-corrected chi connectivity index (χ4v) is 14.9. The van der Waals surface area contributed by atoms with Crippen molar-refractivity contribution in [1.29, 1.82) is 0 Å². The van der Waals surface area contributed by atoms with Gasteiger partial charge in [-0.2, -0.15) is 0 Å². The molecule has 3 fully saturated rings. The molecule has 9 rings (SSSR count). The van der Waals surface area contributed by atoms with E-state index in [1.54, 1.807) is 41.7 Å². The van der Waals surface area contributed by atoms with Crippen LogP contribution in [0.3, 0.4) is 0 Å². The topological polar surface area (TPSA) is 137 Å². The van der Waals surface area contributed by atoms with Gasteiger partial charge < -0.3 is 39.0 Å². The summed E-state index contributed by atoms with van der Waals surface area (Å²) in [5.74, 6) is -0.231. The molecule has 386 valence electrons. The van der Waals surface area contributed by atoms with Gasteiger partial charge in [-0.3, -0.25) is 9.24 Å². The highest BCUT2D eigenvalue weighted by Crippen LogP contribution is 2.56. The van der Waals surface area contributed by atoms with E-state index < -0.39 is 23.3 Å². The molecule has 1 aromatic heterocycles. The molecular formula is C56H66ClN6O7PS2. The Kier molecular flexibility index (Phi) is 16.4. The molecule has 0 unspecified atom stereocenters. The van der Waals surface area contributed by atoms with Crippen LogP contribution in [0.1, 0.15) is 55.2 Å². The lowest BCUT2D eigenvalue weighted by Gasteiger charge is -2.37. The molecule has 5 aromatic carbocycles. The first kappa shape index (κ1) is 52.6. The standard InChI is InChI=1S/C56H66ClN6O7PS2/c1-39(2)63-40(3)53(56(64)65)54(55(63)41-14-16-43(57)17-15-41)42-10-9-11-47(36-42)61-32-30-60(31-33-61)45-18-20-46(21-19-45)62-34-35-70-71(62,66)49-22-23-51(52(37-49)73(5,67)68)58-44(38-72-50-12-7-6-8-13-50)24-27-59-28-25-48(69-4)26-29-59/h6-23,36-37,39,44,48,58H,24-35,38H2,1-5H3,(H,64,65)/t44-,71-/m1/s1. The van der Waals surface area contributed by atoms with Crippen LogP contribution in [-0.4, -0.2) is 119 Å². The van der Waals surface area contributed by atoms with E-state index in [0.717, 1.165) is 110 Å². The number of rotatable bonds is 18. The van der Waals surface area contributed by atoms with Gasteiger partial charge in [0.05, 0.1) is 46.4 Å². The number of piperazine rings is 1. The van der Waals surface area contributed by atoms with Gasteiger partial charge in [0.15, 0.2) is 9.84 Å². The van der Waals surface area contributed by atoms with Crippen LogP contribution in [-0.2, 0) is 23.7 Å². The molecule has 3 saturated heterocycles. The third-order valence-electron chi connectivity index (χ3n) is 14.4. The van der Waals surface area contributed by atoms with Crippen molar-refractivity contribution in [3.63, 3.8) is 0 Å². The molecule has 13 nitrogen and oxygen atoms in total. The molecule has 0 aliphatic carbocycles. The molecule has 3 aliphatic heterocycles. The van der Waals surface area contributed by atoms with Gasteiger partial charge in [0.2, 0.25) is 0 Å². The van der Waals surface area contributed by atoms with Gasteiger partial charge in [0.25, 0.3) is 0 Å². The number of halogens is 1. The smallest absolute Gasteiger partial charge is 0.338 e. The van der Waals surface area contributed by atoms with Crippen molar-refractivity contribution in [1.82, 2.24) is 9.47 Å². The maximum atomic E-state index is 15.0. The second kappa shape index (κ2) is 22.7. The zero-order valence-electron chi connectivity index (χ0n) is 42.2. The summed E-state index contributed by atoms with van der Waals surface area (Å²) in [4.78, 5) is 21.3. The van der Waals surface area contributed by atoms with Crippen LogP contribution in [0.15, 0.2) is 131 Å². The normalized spacial score (nSPS) is 18.4. The summed E-state index contributed by atoms with van der Waals surface area (Å²) in [7, 11) is -5.67. The fourth-order valence-electron chi connectivity index (χ4n) is 10.6. The number of ether oxygens (including phenoxy) is 1. The minimum Gasteiger partial charge on any atom is -0.478 e. The first-order valence-electron chi connectivity index (χ1n) is 25.1. The highest BCUT2D eigenvalue weighted by Gasteiger charge is 2.41. The maximum absolute atomic E-state index is 15.0. The number of likely N-dealkylation sites (tertiary alicyclic amines) is 1. The fraction of sp³-hybridized carbons (Fsp3) is 0.375. The average Bonchev–Trinajstić information content (AvgIpc) is 3.95. The lowest BCUT2D eigenvalue weighted by Crippen LogP contribution is -2.46. The average molecular weight is 1070 g/mol. The number of piperidine rings is 1. The summed E-state index contributed by atoms with van der Waals surface area (Å²) in [6.07, 6.45) is 4.30. The predicted octanol–water partition coefficient (Wildman–Crippen LogP) is 11.2. The molecule has 17 heteroatoms. The summed E-state index contributed by atoms with van der Waals surface area (Å²) >= 11 is 8.03. The monoisotopic (exact) mass is 1060 g/mol. The number of carboxylic acids is 1. The van der Waals surface area contributed by atoms with Crippen LogP contribution >= 0.6 is 30.9 Å². The number of carboxylic acid groups (broad SMARTS) is 1. The Bertz CT molecular complexity index is 3050. The van der Waals surface area contributed by atoms with Crippen LogP contribution in [0.2, 0.25) is 5.02 Å². The summed E-state index contributed by atoms with van der Waals surface area (Å²) < 4.78 is 57.7. The molecular weight excluding hydrogens is 999 g/mol. The van der Waals surface area contributed by atoms with E-state index in [0.29, 0.717) is 45.5 Å². The molecule has 0 amide bonds. The molecule has 4 heterocycles. The molecule has 0 spiro atoms. The van der Waals surface area contributed by atoms with Crippen LogP contribution in [0.25, 0.3) is 22.4 Å². The zero-order chi connectivity index (χ0) is 51.4. The Hall–Kier alpha value is -5.25. The number of hydrogen-bond acceptors (Lipinski definition) is 11. The predicted molar refractivity (Wildman–Crippen MR) is 299 cm³/mol. The Morgan fingerprint density at radius 2 is 1.51 bits per heavy atom. The molecule has 0 radical (unpaired) electrons. The minimum atomic E-state index is -3.75. The van der Waals surface area contributed by atoms with Gasteiger partial charge in [-0.1, -0.05) is 54.1 Å². The van der Waals surface area contributed by atoms with E-state index in [-0.39, 0.29) is 23.6 Å². The number of hydrogen-bond donors (Lipinski definition) is 2. The van der Waals surface area contributed by atoms with Gasteiger partial charge in [-0.15, -0.1) is 11.8 Å². The number of aromatic nitrogens is 1. The van der Waals surface area contributed by atoms with Crippen LogP contribution in [0.5, 0.6) is 0 Å². The molecule has 0 bridgehead atoms. The number of benzene rings is 5. The molecule has 0 saturated carbocycles. The maximum Gasteiger partial charge on any atom is 0.338 e. The first-order chi connectivity index (χ1) is 35.1. The number of anilines is 4. The number of sulfone groups is 1. The van der Waals surface area contributed by atoms with Crippen LogP contribution < -0.4 is 25.1 Å². The van der Waals surface area contributed by atoms with Gasteiger partial charge in [-0.25, -0.2) is 13.2 Å². The van der Waals surface area contributed by atoms with E-state index in [4.69, 9.17) is 20.9 Å². The number of methoxy groups -OCH3 is 1. The first-order valence-corrected chi connectivity index (χ1v) is 30.0. The van der Waals surface area contributed by atoms with E-state index in [9.17, 15) is 18.3 Å². The van der Waals surface area contributed by atoms with Crippen molar-refractivity contribution >= 4 is 74.7 Å². The number of nitrogens with zero attached hydrogens (tertiary/aromatic N) is 5. The highest BCUT2D eigenvalue weighted by atomic mass is 35.5. The molecule has 3 aliphatic rings. The summed E-state index contributed by atoms with van der Waals surface area (Å²) in [6.45, 7) is 12.4. The van der Waals surface area contributed by atoms with E-state index in [1.165, 1.54) is 6.26 Å². The molecule has 2 atom stereocenters. The van der Waals surface area contributed by atoms with Crippen molar-refractivity contribution in [3.8, 4) is 22.4 Å². The van der Waals surface area contributed by atoms with Crippen molar-refractivity contribution in [2.45, 2.75) is 68.0 Å². The summed E-state index contributed by atoms with van der Waals surface area (Å²) in [6, 6.07) is 39.0. The number of nitrogens with one attached hydrogen (secondary N) is 1. The van der Waals surface area contributed by atoms with E-state index >= 15 is 4.57 Å². The van der Waals surface area contributed by atoms with Crippen LogP contribution in [0, 0.1) is 6.92 Å². The Labute approximate surface area is 439 Å². The largest absolute Gasteiger partial charge is 0.478 e. The SMILES string of the molecule is COC1CCN(CC[C@H](CSc2ccccc2)Nc2ccc([P@@]3(=O)OCCN3c3ccc(N4CCN(c5cccc(-c6c(C(=O)O)c(C)n(C(C)C)c6-c6ccc(Cl)cc6)c5)CC4)cc3)cc2S(C)(=O)=O)CC1. The lowest BCUT2D eigenvalue weighted by atomic mass is 9.96. The van der Waals surface area contributed by atoms with E-state index in [1.807, 2.05) is 85.8 Å². The molecule has 73 heavy (non-hydrogen) atoms. The molecule has 6 aromatic rings. The quantitative estimate of drug-likeness (QED) is 0.0625. The van der Waals surface area contributed by atoms with Crippen molar-refractivity contribution in [2.24, 2.45) is 0 Å². The number of aromatic carboxylic acids is 1. The zero-order valence-corrected chi connectivity index (χ0v) is 45.5. The van der Waals surface area contributed by atoms with Crippen molar-refractivity contribution in [3.05, 3.63) is 138 Å². The summed E-state index contributed by atoms with van der Waals surface area (Å²) in [5.41, 5.74) is 7.56. The van der Waals surface area contributed by atoms with Crippen LogP contribution in [0.4, 0.5) is 22.7 Å². The Morgan fingerprint density at radius 1 is 0.836 bits per heavy atom. The second-order valence-electron chi connectivity index (χ2n) is 19.5. The highest BCUT2D eigenvalue weighted by molar-refractivity contribution is 7.99. The van der Waals surface area contributed by atoms with Gasteiger partial charge in [0.1, 0.15) is 0 Å². The second-order valence-corrected chi connectivity index (χ2v) is 25.3. The lowest BCUT2D eigenvalue weighted by molar-refractivity contribution is 0.0406. The van der Waals surface area contributed by atoms with Crippen molar-refractivity contribution < 1.29 is 32.1 Å². The third kappa shape index (κ3) is 11.7.